The van der Waals surface area contributed by atoms with Crippen LogP contribution in [0.15, 0.2) is 11.2 Å². The number of carbonyl (C=O) groups is 2. The van der Waals surface area contributed by atoms with Gasteiger partial charge in [-0.1, -0.05) is 11.8 Å². The molecule has 0 saturated heterocycles. The molecule has 0 spiro atoms. The highest BCUT2D eigenvalue weighted by Crippen LogP contribution is 2.38. The highest BCUT2D eigenvalue weighted by atomic mass is 32.2. The maximum atomic E-state index is 12.1. The number of nitrogens with zero attached hydrogens (tertiary/aromatic N) is 2. The molecule has 2 heterocycles. The Kier molecular flexibility index (Phi) is 4.97. The molecule has 2 aromatic heterocycles. The first-order chi connectivity index (χ1) is 11.2. The van der Waals surface area contributed by atoms with E-state index < -0.39 is 0 Å². The molecule has 0 aromatic carbocycles. The second-order valence-electron chi connectivity index (χ2n) is 5.05. The minimum Gasteiger partial charge on any atom is -0.465 e. The number of thiophene rings is 1. The number of anilines is 1. The average molecular weight is 352 g/mol. The first-order valence-electron chi connectivity index (χ1n) is 7.20. The maximum Gasteiger partial charge on any atom is 0.341 e. The maximum absolute atomic E-state index is 12.1. The van der Waals surface area contributed by atoms with Crippen molar-refractivity contribution in [2.24, 2.45) is 0 Å². The average Bonchev–Trinajstić information content (AvgIpc) is 3.19. The van der Waals surface area contributed by atoms with Gasteiger partial charge in [-0.15, -0.1) is 16.4 Å². The quantitative estimate of drug-likeness (QED) is 0.633. The van der Waals surface area contributed by atoms with E-state index >= 15 is 0 Å². The van der Waals surface area contributed by atoms with Gasteiger partial charge in [-0.2, -0.15) is 10.3 Å². The second-order valence-corrected chi connectivity index (χ2v) is 7.15. The van der Waals surface area contributed by atoms with Crippen molar-refractivity contribution in [2.75, 3.05) is 18.2 Å². The van der Waals surface area contributed by atoms with Gasteiger partial charge in [0.1, 0.15) is 10.0 Å². The SMILES string of the molecule is COC(=O)c1c(NC(=O)CSc2cn[nH]n2)sc2c1CCCC2. The normalized spacial score (nSPS) is 13.4. The van der Waals surface area contributed by atoms with Crippen molar-refractivity contribution in [2.45, 2.75) is 30.7 Å². The Morgan fingerprint density at radius 2 is 2.26 bits per heavy atom. The Balaban J connectivity index is 1.74. The lowest BCUT2D eigenvalue weighted by atomic mass is 9.95. The Morgan fingerprint density at radius 1 is 1.43 bits per heavy atom. The number of hydrogen-bond donors (Lipinski definition) is 2. The van der Waals surface area contributed by atoms with Crippen molar-refractivity contribution >= 4 is 40.0 Å². The lowest BCUT2D eigenvalue weighted by Crippen LogP contribution is -2.16. The molecule has 0 saturated carbocycles. The molecule has 1 amide bonds. The van der Waals surface area contributed by atoms with Crippen LogP contribution in [0.5, 0.6) is 0 Å². The zero-order chi connectivity index (χ0) is 16.2. The molecule has 3 rings (SSSR count). The van der Waals surface area contributed by atoms with Crippen LogP contribution < -0.4 is 5.32 Å². The molecule has 7 nitrogen and oxygen atoms in total. The van der Waals surface area contributed by atoms with E-state index in [2.05, 4.69) is 20.7 Å². The van der Waals surface area contributed by atoms with Crippen molar-refractivity contribution in [1.82, 2.24) is 15.4 Å². The molecular formula is C14H16N4O3S2. The Bertz CT molecular complexity index is 712. The predicted octanol–water partition coefficient (Wildman–Crippen LogP) is 2.26. The van der Waals surface area contributed by atoms with Crippen molar-refractivity contribution < 1.29 is 14.3 Å². The molecule has 0 aliphatic heterocycles. The zero-order valence-corrected chi connectivity index (χ0v) is 14.2. The summed E-state index contributed by atoms with van der Waals surface area (Å²) >= 11 is 2.76. The topological polar surface area (TPSA) is 97.0 Å². The van der Waals surface area contributed by atoms with E-state index in [1.54, 1.807) is 6.20 Å². The molecule has 9 heteroatoms. The van der Waals surface area contributed by atoms with Crippen LogP contribution in [0.4, 0.5) is 5.00 Å². The monoisotopic (exact) mass is 352 g/mol. The van der Waals surface area contributed by atoms with Crippen LogP contribution in [0.3, 0.4) is 0 Å². The molecule has 0 fully saturated rings. The van der Waals surface area contributed by atoms with E-state index in [0.717, 1.165) is 31.2 Å². The van der Waals surface area contributed by atoms with Gasteiger partial charge in [0, 0.05) is 4.88 Å². The van der Waals surface area contributed by atoms with E-state index in [-0.39, 0.29) is 17.6 Å². The third kappa shape index (κ3) is 3.56. The van der Waals surface area contributed by atoms with Crippen LogP contribution >= 0.6 is 23.1 Å². The van der Waals surface area contributed by atoms with Gasteiger partial charge in [-0.25, -0.2) is 4.79 Å². The van der Waals surface area contributed by atoms with E-state index in [0.29, 0.717) is 15.6 Å². The number of nitrogens with one attached hydrogen (secondary N) is 2. The Hall–Kier alpha value is -1.87. The standard InChI is InChI=1S/C14H16N4O3S2/c1-21-14(20)12-8-4-2-3-5-9(8)23-13(12)16-10(19)7-22-11-6-15-18-17-11/h6H,2-5,7H2,1H3,(H,16,19)(H,15,17,18). The summed E-state index contributed by atoms with van der Waals surface area (Å²) in [4.78, 5) is 25.4. The summed E-state index contributed by atoms with van der Waals surface area (Å²) in [6, 6.07) is 0. The van der Waals surface area contributed by atoms with Crippen molar-refractivity contribution in [3.63, 3.8) is 0 Å². The number of methoxy groups -OCH3 is 1. The number of hydrogen-bond acceptors (Lipinski definition) is 7. The largest absolute Gasteiger partial charge is 0.465 e. The van der Waals surface area contributed by atoms with Crippen molar-refractivity contribution in [3.05, 3.63) is 22.2 Å². The zero-order valence-electron chi connectivity index (χ0n) is 12.5. The fourth-order valence-corrected chi connectivity index (χ4v) is 4.41. The first kappa shape index (κ1) is 16.0. The minimum absolute atomic E-state index is 0.179. The Morgan fingerprint density at radius 3 is 3.00 bits per heavy atom. The lowest BCUT2D eigenvalue weighted by Gasteiger charge is -2.11. The molecule has 2 N–H and O–H groups in total. The molecule has 1 aliphatic carbocycles. The second kappa shape index (κ2) is 7.14. The van der Waals surface area contributed by atoms with Gasteiger partial charge in [-0.3, -0.25) is 4.79 Å². The molecule has 0 bridgehead atoms. The van der Waals surface area contributed by atoms with E-state index in [1.807, 2.05) is 0 Å². The van der Waals surface area contributed by atoms with E-state index in [4.69, 9.17) is 4.74 Å². The number of rotatable bonds is 5. The molecule has 122 valence electrons. The predicted molar refractivity (Wildman–Crippen MR) is 88.0 cm³/mol. The molecule has 2 aromatic rings. The van der Waals surface area contributed by atoms with E-state index in [1.165, 1.54) is 35.1 Å². The summed E-state index contributed by atoms with van der Waals surface area (Å²) in [7, 11) is 1.36. The van der Waals surface area contributed by atoms with Gasteiger partial charge in [-0.05, 0) is 31.2 Å². The number of aryl methyl sites for hydroxylation is 1. The minimum atomic E-state index is -0.385. The highest BCUT2D eigenvalue weighted by molar-refractivity contribution is 7.99. The van der Waals surface area contributed by atoms with Gasteiger partial charge in [0.15, 0.2) is 0 Å². The fraction of sp³-hybridized carbons (Fsp3) is 0.429. The molecule has 0 atom stereocenters. The van der Waals surface area contributed by atoms with Crippen LogP contribution in [-0.2, 0) is 22.4 Å². The summed E-state index contributed by atoms with van der Waals surface area (Å²) in [6.07, 6.45) is 5.54. The van der Waals surface area contributed by atoms with Crippen LogP contribution in [-0.4, -0.2) is 40.1 Å². The molecule has 0 unspecified atom stereocenters. The number of thioether (sulfide) groups is 1. The third-order valence-electron chi connectivity index (χ3n) is 3.56. The fourth-order valence-electron chi connectivity index (χ4n) is 2.53. The number of carbonyl (C=O) groups excluding carboxylic acids is 2. The van der Waals surface area contributed by atoms with Crippen LogP contribution in [0.2, 0.25) is 0 Å². The third-order valence-corrected chi connectivity index (χ3v) is 5.66. The number of aromatic amines is 1. The molecule has 1 aliphatic rings. The van der Waals surface area contributed by atoms with Crippen LogP contribution in [0, 0.1) is 0 Å². The number of ether oxygens (including phenoxy) is 1. The summed E-state index contributed by atoms with van der Waals surface area (Å²) in [5, 5.41) is 14.2. The van der Waals surface area contributed by atoms with Gasteiger partial charge in [0.25, 0.3) is 0 Å². The molecular weight excluding hydrogens is 336 g/mol. The van der Waals surface area contributed by atoms with Crippen LogP contribution in [0.1, 0.15) is 33.6 Å². The van der Waals surface area contributed by atoms with Gasteiger partial charge in [0.05, 0.1) is 24.6 Å². The van der Waals surface area contributed by atoms with Crippen molar-refractivity contribution in [1.29, 1.82) is 0 Å². The number of esters is 1. The smallest absolute Gasteiger partial charge is 0.341 e. The summed E-state index contributed by atoms with van der Waals surface area (Å²) in [5.74, 6) is -0.360. The number of amides is 1. The first-order valence-corrected chi connectivity index (χ1v) is 9.00. The number of H-pyrrole nitrogens is 1. The highest BCUT2D eigenvalue weighted by Gasteiger charge is 2.26. The summed E-state index contributed by atoms with van der Waals surface area (Å²) < 4.78 is 4.89. The van der Waals surface area contributed by atoms with E-state index in [9.17, 15) is 9.59 Å². The number of aromatic nitrogens is 3. The number of fused-ring (bicyclic) bond motifs is 1. The van der Waals surface area contributed by atoms with Gasteiger partial charge < -0.3 is 10.1 Å². The summed E-state index contributed by atoms with van der Waals surface area (Å²) in [5.41, 5.74) is 1.56. The van der Waals surface area contributed by atoms with Gasteiger partial charge in [0.2, 0.25) is 5.91 Å². The van der Waals surface area contributed by atoms with Crippen molar-refractivity contribution in [3.8, 4) is 0 Å². The summed E-state index contributed by atoms with van der Waals surface area (Å²) in [6.45, 7) is 0. The molecule has 0 radical (unpaired) electrons. The molecule has 23 heavy (non-hydrogen) atoms. The van der Waals surface area contributed by atoms with Crippen LogP contribution in [0.25, 0.3) is 0 Å². The lowest BCUT2D eigenvalue weighted by molar-refractivity contribution is -0.113. The van der Waals surface area contributed by atoms with Gasteiger partial charge >= 0.3 is 5.97 Å². The Labute approximate surface area is 141 Å².